The van der Waals surface area contributed by atoms with Crippen molar-refractivity contribution in [2.24, 2.45) is 12.1 Å². The fourth-order valence-electron chi connectivity index (χ4n) is 2.24. The number of aromatic nitrogens is 5. The van der Waals surface area contributed by atoms with Crippen LogP contribution in [0.3, 0.4) is 0 Å². The van der Waals surface area contributed by atoms with Gasteiger partial charge in [0.1, 0.15) is 0 Å². The van der Waals surface area contributed by atoms with E-state index in [0.29, 0.717) is 23.7 Å². The molecule has 3 heterocycles. The smallest absolute Gasteiger partial charge is 0.303 e. The maximum atomic E-state index is 12.0. The number of rotatable bonds is 4. The molecule has 3 aromatic heterocycles. The molecule has 0 amide bonds. The fourth-order valence-corrected chi connectivity index (χ4v) is 2.24. The van der Waals surface area contributed by atoms with Crippen molar-refractivity contribution in [3.05, 3.63) is 50.9 Å². The summed E-state index contributed by atoms with van der Waals surface area (Å²) in [6.07, 6.45) is 4.94. The first kappa shape index (κ1) is 14.7. The van der Waals surface area contributed by atoms with Crippen LogP contribution in [-0.4, -0.2) is 30.3 Å². The maximum absolute atomic E-state index is 12.0. The molecule has 0 spiro atoms. The lowest BCUT2D eigenvalue weighted by Gasteiger charge is -2.03. The molecule has 0 aliphatic rings. The summed E-state index contributed by atoms with van der Waals surface area (Å²) in [5, 5.41) is 4.11. The van der Waals surface area contributed by atoms with Crippen LogP contribution in [0.1, 0.15) is 12.5 Å². The molecule has 23 heavy (non-hydrogen) atoms. The quantitative estimate of drug-likeness (QED) is 0.531. The monoisotopic (exact) mass is 313 g/mol. The molecule has 0 aliphatic heterocycles. The standard InChI is InChI=1S/C14H15N7O2/c1-3-21-10-11(20(2)14(23)18-12(10)22)17-13(21)19-16-8-9-4-6-15-7-5-9/h4-8H,3H2,1-2H3,(H,17,19)(H,18,22,23)/b16-8+. The Bertz CT molecular complexity index is 982. The van der Waals surface area contributed by atoms with E-state index in [1.54, 1.807) is 30.2 Å². The van der Waals surface area contributed by atoms with Gasteiger partial charge in [0.15, 0.2) is 11.2 Å². The zero-order valence-electron chi connectivity index (χ0n) is 12.6. The normalized spacial score (nSPS) is 11.4. The lowest BCUT2D eigenvalue weighted by atomic mass is 10.3. The number of aromatic amines is 1. The predicted molar refractivity (Wildman–Crippen MR) is 86.7 cm³/mol. The topological polar surface area (TPSA) is 110 Å². The molecule has 9 nitrogen and oxygen atoms in total. The molecule has 0 saturated carbocycles. The van der Waals surface area contributed by atoms with E-state index in [2.05, 4.69) is 25.5 Å². The second-order valence-corrected chi connectivity index (χ2v) is 4.82. The Hall–Kier alpha value is -3.23. The predicted octanol–water partition coefficient (Wildman–Crippen LogP) is 0.284. The molecule has 2 N–H and O–H groups in total. The van der Waals surface area contributed by atoms with Crippen LogP contribution in [0.4, 0.5) is 5.95 Å². The van der Waals surface area contributed by atoms with E-state index < -0.39 is 11.2 Å². The average molecular weight is 313 g/mol. The second kappa shape index (κ2) is 5.87. The van der Waals surface area contributed by atoms with E-state index in [4.69, 9.17) is 0 Å². The molecule has 3 rings (SSSR count). The Balaban J connectivity index is 2.03. The Morgan fingerprint density at radius 2 is 2.09 bits per heavy atom. The lowest BCUT2D eigenvalue weighted by Crippen LogP contribution is -2.29. The molecule has 0 unspecified atom stereocenters. The largest absolute Gasteiger partial charge is 0.329 e. The summed E-state index contributed by atoms with van der Waals surface area (Å²) < 4.78 is 2.96. The van der Waals surface area contributed by atoms with Gasteiger partial charge < -0.3 is 4.57 Å². The number of aryl methyl sites for hydroxylation is 2. The Morgan fingerprint density at radius 1 is 1.35 bits per heavy atom. The van der Waals surface area contributed by atoms with Crippen molar-refractivity contribution in [3.63, 3.8) is 0 Å². The first-order chi connectivity index (χ1) is 11.1. The molecule has 0 atom stereocenters. The second-order valence-electron chi connectivity index (χ2n) is 4.82. The first-order valence-electron chi connectivity index (χ1n) is 7.00. The van der Waals surface area contributed by atoms with Gasteiger partial charge in [-0.15, -0.1) is 0 Å². The number of H-pyrrole nitrogens is 1. The van der Waals surface area contributed by atoms with Gasteiger partial charge in [0.25, 0.3) is 5.56 Å². The van der Waals surface area contributed by atoms with E-state index in [0.717, 1.165) is 5.56 Å². The molecule has 0 fully saturated rings. The number of pyridine rings is 1. The molecular formula is C14H15N7O2. The summed E-state index contributed by atoms with van der Waals surface area (Å²) in [5.74, 6) is 0.388. The van der Waals surface area contributed by atoms with Gasteiger partial charge in [0, 0.05) is 26.0 Å². The minimum atomic E-state index is -0.505. The molecule has 0 saturated heterocycles. The third kappa shape index (κ3) is 2.63. The summed E-state index contributed by atoms with van der Waals surface area (Å²) in [4.78, 5) is 34.2. The van der Waals surface area contributed by atoms with Crippen LogP contribution in [0, 0.1) is 0 Å². The van der Waals surface area contributed by atoms with Crippen molar-refractivity contribution in [1.29, 1.82) is 0 Å². The molecule has 9 heteroatoms. The molecule has 0 aliphatic carbocycles. The summed E-state index contributed by atoms with van der Waals surface area (Å²) in [6, 6.07) is 3.62. The van der Waals surface area contributed by atoms with Crippen molar-refractivity contribution in [2.45, 2.75) is 13.5 Å². The Morgan fingerprint density at radius 3 is 2.78 bits per heavy atom. The first-order valence-corrected chi connectivity index (χ1v) is 7.00. The van der Waals surface area contributed by atoms with Crippen molar-refractivity contribution in [1.82, 2.24) is 24.1 Å². The van der Waals surface area contributed by atoms with Gasteiger partial charge in [-0.2, -0.15) is 10.1 Å². The minimum Gasteiger partial charge on any atom is -0.303 e. The Labute approximate surface area is 130 Å². The Kier molecular flexibility index (Phi) is 3.75. The van der Waals surface area contributed by atoms with Crippen LogP contribution in [0.25, 0.3) is 11.2 Å². The van der Waals surface area contributed by atoms with Gasteiger partial charge in [0.05, 0.1) is 6.21 Å². The van der Waals surface area contributed by atoms with Crippen molar-refractivity contribution >= 4 is 23.3 Å². The number of hydrogen-bond acceptors (Lipinski definition) is 6. The van der Waals surface area contributed by atoms with Crippen molar-refractivity contribution < 1.29 is 0 Å². The molecule has 118 valence electrons. The zero-order valence-corrected chi connectivity index (χ0v) is 12.6. The molecule has 3 aromatic rings. The highest BCUT2D eigenvalue weighted by atomic mass is 16.2. The zero-order chi connectivity index (χ0) is 16.4. The third-order valence-corrected chi connectivity index (χ3v) is 3.41. The van der Waals surface area contributed by atoms with Crippen LogP contribution in [-0.2, 0) is 13.6 Å². The number of nitrogens with one attached hydrogen (secondary N) is 2. The number of anilines is 1. The lowest BCUT2D eigenvalue weighted by molar-refractivity contribution is 0.781. The van der Waals surface area contributed by atoms with Crippen LogP contribution in [0.15, 0.2) is 39.2 Å². The molecule has 0 radical (unpaired) electrons. The average Bonchev–Trinajstić information content (AvgIpc) is 2.93. The highest BCUT2D eigenvalue weighted by Crippen LogP contribution is 2.14. The van der Waals surface area contributed by atoms with Crippen LogP contribution < -0.4 is 16.7 Å². The summed E-state index contributed by atoms with van der Waals surface area (Å²) >= 11 is 0. The van der Waals surface area contributed by atoms with Crippen molar-refractivity contribution in [2.75, 3.05) is 5.43 Å². The third-order valence-electron chi connectivity index (χ3n) is 3.41. The summed E-state index contributed by atoms with van der Waals surface area (Å²) in [5.41, 5.74) is 3.34. The van der Waals surface area contributed by atoms with Gasteiger partial charge in [-0.1, -0.05) is 0 Å². The van der Waals surface area contributed by atoms with E-state index in [9.17, 15) is 9.59 Å². The number of hydrogen-bond donors (Lipinski definition) is 2. The number of fused-ring (bicyclic) bond motifs is 1. The number of nitrogens with zero attached hydrogens (tertiary/aromatic N) is 5. The van der Waals surface area contributed by atoms with Gasteiger partial charge in [-0.05, 0) is 24.6 Å². The SMILES string of the molecule is CCn1c(N/N=C/c2ccncc2)nc2c1c(=O)[nH]c(=O)n2C. The van der Waals surface area contributed by atoms with Crippen LogP contribution >= 0.6 is 0 Å². The maximum Gasteiger partial charge on any atom is 0.329 e. The van der Waals surface area contributed by atoms with Gasteiger partial charge in [0.2, 0.25) is 5.95 Å². The van der Waals surface area contributed by atoms with Gasteiger partial charge in [-0.3, -0.25) is 19.3 Å². The van der Waals surface area contributed by atoms with Gasteiger partial charge >= 0.3 is 5.69 Å². The molecular weight excluding hydrogens is 298 g/mol. The van der Waals surface area contributed by atoms with Crippen LogP contribution in [0.2, 0.25) is 0 Å². The van der Waals surface area contributed by atoms with E-state index >= 15 is 0 Å². The molecule has 0 aromatic carbocycles. The number of imidazole rings is 1. The van der Waals surface area contributed by atoms with Crippen molar-refractivity contribution in [3.8, 4) is 0 Å². The summed E-state index contributed by atoms with van der Waals surface area (Å²) in [7, 11) is 1.55. The minimum absolute atomic E-state index is 0.308. The van der Waals surface area contributed by atoms with Gasteiger partial charge in [-0.25, -0.2) is 10.2 Å². The van der Waals surface area contributed by atoms with E-state index in [1.165, 1.54) is 4.57 Å². The molecule has 0 bridgehead atoms. The number of hydrazone groups is 1. The highest BCUT2D eigenvalue weighted by Gasteiger charge is 2.15. The van der Waals surface area contributed by atoms with E-state index in [-0.39, 0.29) is 0 Å². The van der Waals surface area contributed by atoms with Crippen LogP contribution in [0.5, 0.6) is 0 Å². The van der Waals surface area contributed by atoms with E-state index in [1.807, 2.05) is 19.1 Å². The summed E-state index contributed by atoms with van der Waals surface area (Å²) in [6.45, 7) is 2.38. The highest BCUT2D eigenvalue weighted by molar-refractivity contribution is 5.80. The fraction of sp³-hybridized carbons (Fsp3) is 0.214.